The Kier molecular flexibility index (Phi) is 6.11. The zero-order chi connectivity index (χ0) is 27.1. The first-order chi connectivity index (χ1) is 18.9. The molecule has 0 saturated carbocycles. The molecule has 4 amide bonds. The smallest absolute Gasteiger partial charge is 0.331 e. The van der Waals surface area contributed by atoms with Gasteiger partial charge >= 0.3 is 6.03 Å². The summed E-state index contributed by atoms with van der Waals surface area (Å²) in [6, 6.07) is 6.18. The van der Waals surface area contributed by atoms with Crippen molar-refractivity contribution in [1.82, 2.24) is 30.4 Å². The minimum absolute atomic E-state index is 0.164. The second kappa shape index (κ2) is 9.76. The van der Waals surface area contributed by atoms with Gasteiger partial charge in [0.1, 0.15) is 9.71 Å². The number of hydrogen-bond acceptors (Lipinski definition) is 9. The van der Waals surface area contributed by atoms with Gasteiger partial charge in [-0.05, 0) is 37.1 Å². The maximum atomic E-state index is 13.4. The van der Waals surface area contributed by atoms with Gasteiger partial charge in [0.2, 0.25) is 17.7 Å². The minimum Gasteiger partial charge on any atom is -0.419 e. The molecule has 0 radical (unpaired) electrons. The summed E-state index contributed by atoms with van der Waals surface area (Å²) in [4.78, 5) is 51.5. The summed E-state index contributed by atoms with van der Waals surface area (Å²) in [6.07, 6.45) is 6.60. The van der Waals surface area contributed by atoms with Gasteiger partial charge in [-0.2, -0.15) is 5.10 Å². The van der Waals surface area contributed by atoms with Crippen molar-refractivity contribution in [3.63, 3.8) is 0 Å². The number of ether oxygens (including phenoxy) is 1. The van der Waals surface area contributed by atoms with Crippen LogP contribution < -0.4 is 20.3 Å². The van der Waals surface area contributed by atoms with Crippen molar-refractivity contribution < 1.29 is 19.1 Å². The molecule has 4 aromatic heterocycles. The van der Waals surface area contributed by atoms with Gasteiger partial charge in [-0.25, -0.2) is 14.8 Å². The van der Waals surface area contributed by atoms with E-state index in [1.54, 1.807) is 47.8 Å². The van der Waals surface area contributed by atoms with Gasteiger partial charge in [0.15, 0.2) is 0 Å². The van der Waals surface area contributed by atoms with Crippen LogP contribution in [0.15, 0.2) is 55.5 Å². The molecule has 0 unspecified atom stereocenters. The van der Waals surface area contributed by atoms with E-state index in [-0.39, 0.29) is 17.9 Å². The van der Waals surface area contributed by atoms with E-state index in [0.29, 0.717) is 63.4 Å². The second-order valence-corrected chi connectivity index (χ2v) is 10.0. The number of carbonyl (C=O) groups excluding carboxylic acids is 3. The average molecular weight is 543 g/mol. The van der Waals surface area contributed by atoms with Crippen molar-refractivity contribution in [2.24, 2.45) is 0 Å². The molecule has 0 bridgehead atoms. The van der Waals surface area contributed by atoms with Crippen LogP contribution in [0, 0.1) is 6.92 Å². The molecule has 0 spiro atoms. The monoisotopic (exact) mass is 542 g/mol. The molecule has 1 fully saturated rings. The SMILES string of the molecule is C=CC(=O)N1CC[C@@H](NC(=O)c2sc3nccc4c3c2NC(=O)N4c2cnc(Oc3cccnn3)cc2C)C1. The highest BCUT2D eigenvalue weighted by Crippen LogP contribution is 2.46. The summed E-state index contributed by atoms with van der Waals surface area (Å²) in [5, 5.41) is 14.2. The number of carbonyl (C=O) groups is 3. The van der Waals surface area contributed by atoms with Crippen molar-refractivity contribution in [1.29, 1.82) is 0 Å². The molecule has 0 aliphatic carbocycles. The van der Waals surface area contributed by atoms with E-state index in [1.807, 2.05) is 6.92 Å². The molecule has 4 aromatic rings. The van der Waals surface area contributed by atoms with Crippen LogP contribution in [0.2, 0.25) is 0 Å². The van der Waals surface area contributed by atoms with Gasteiger partial charge < -0.3 is 20.3 Å². The van der Waals surface area contributed by atoms with Crippen molar-refractivity contribution in [2.45, 2.75) is 19.4 Å². The van der Waals surface area contributed by atoms with Crippen molar-refractivity contribution >= 4 is 56.5 Å². The molecule has 196 valence electrons. The Balaban J connectivity index is 1.29. The highest BCUT2D eigenvalue weighted by Gasteiger charge is 2.34. The maximum absolute atomic E-state index is 13.4. The van der Waals surface area contributed by atoms with Crippen LogP contribution >= 0.6 is 11.3 Å². The Morgan fingerprint density at radius 1 is 1.23 bits per heavy atom. The predicted octanol–water partition coefficient (Wildman–Crippen LogP) is 3.78. The molecule has 0 aromatic carbocycles. The largest absolute Gasteiger partial charge is 0.419 e. The summed E-state index contributed by atoms with van der Waals surface area (Å²) < 4.78 is 5.67. The number of nitrogens with zero attached hydrogens (tertiary/aromatic N) is 6. The van der Waals surface area contributed by atoms with E-state index in [1.165, 1.54) is 22.3 Å². The highest BCUT2D eigenvalue weighted by molar-refractivity contribution is 7.21. The fraction of sp³-hybridized carbons (Fsp3) is 0.192. The standard InChI is InChI=1S/C26H22N8O4S/c1-3-20(35)33-10-7-15(13-33)30-24(36)23-22-21-16(6-9-27-25(21)39-23)34(26(37)31-22)17-12-28-19(11-14(17)2)38-18-5-4-8-29-32-18/h3-6,8-9,11-12,15H,1,7,10,13H2,2H3,(H,30,36)(H,31,37)/t15-/m1/s1. The third-order valence-corrected chi connectivity index (χ3v) is 7.61. The molecule has 39 heavy (non-hydrogen) atoms. The third-order valence-electron chi connectivity index (χ3n) is 6.52. The maximum Gasteiger partial charge on any atom is 0.331 e. The number of hydrogen-bond donors (Lipinski definition) is 2. The Bertz CT molecular complexity index is 1640. The zero-order valence-corrected chi connectivity index (χ0v) is 21.6. The highest BCUT2D eigenvalue weighted by atomic mass is 32.1. The molecule has 2 aliphatic rings. The number of likely N-dealkylation sites (tertiary alicyclic amines) is 1. The molecule has 12 nitrogen and oxygen atoms in total. The van der Waals surface area contributed by atoms with Crippen LogP contribution in [0.4, 0.5) is 21.9 Å². The van der Waals surface area contributed by atoms with Gasteiger partial charge in [-0.15, -0.1) is 16.4 Å². The summed E-state index contributed by atoms with van der Waals surface area (Å²) >= 11 is 1.20. The van der Waals surface area contributed by atoms with Crippen LogP contribution in [0.25, 0.3) is 10.2 Å². The lowest BCUT2D eigenvalue weighted by atomic mass is 10.1. The minimum atomic E-state index is -0.432. The van der Waals surface area contributed by atoms with E-state index < -0.39 is 6.03 Å². The van der Waals surface area contributed by atoms with E-state index >= 15 is 0 Å². The average Bonchev–Trinajstić information content (AvgIpc) is 3.55. The molecule has 2 aliphatic heterocycles. The number of anilines is 3. The third kappa shape index (κ3) is 4.42. The number of pyridine rings is 2. The molecule has 6 rings (SSSR count). The van der Waals surface area contributed by atoms with Crippen LogP contribution in [0.1, 0.15) is 21.7 Å². The van der Waals surface area contributed by atoms with Crippen LogP contribution in [-0.2, 0) is 4.79 Å². The number of aromatic nitrogens is 4. The molecule has 1 saturated heterocycles. The number of thiophene rings is 1. The molecule has 6 heterocycles. The van der Waals surface area contributed by atoms with Crippen molar-refractivity contribution in [3.05, 3.63) is 66.0 Å². The number of urea groups is 1. The fourth-order valence-corrected chi connectivity index (χ4v) is 5.73. The lowest BCUT2D eigenvalue weighted by molar-refractivity contribution is -0.125. The molecular weight excluding hydrogens is 520 g/mol. The van der Waals surface area contributed by atoms with Crippen LogP contribution in [0.5, 0.6) is 11.8 Å². The molecular formula is C26H22N8O4S. The van der Waals surface area contributed by atoms with Gasteiger partial charge in [0, 0.05) is 43.7 Å². The first kappa shape index (κ1) is 24.4. The van der Waals surface area contributed by atoms with E-state index in [0.717, 1.165) is 5.56 Å². The number of amides is 4. The summed E-state index contributed by atoms with van der Waals surface area (Å²) in [5.74, 6) is 0.122. The topological polar surface area (TPSA) is 143 Å². The lowest BCUT2D eigenvalue weighted by Gasteiger charge is -2.29. The van der Waals surface area contributed by atoms with Gasteiger partial charge in [0.25, 0.3) is 5.91 Å². The Hall–Kier alpha value is -4.91. The van der Waals surface area contributed by atoms with Crippen LogP contribution in [-0.4, -0.2) is 62.0 Å². The van der Waals surface area contributed by atoms with E-state index in [4.69, 9.17) is 4.74 Å². The quantitative estimate of drug-likeness (QED) is 0.351. The second-order valence-electron chi connectivity index (χ2n) is 9.00. The van der Waals surface area contributed by atoms with Gasteiger partial charge in [-0.1, -0.05) is 6.58 Å². The normalized spacial score (nSPS) is 16.2. The summed E-state index contributed by atoms with van der Waals surface area (Å²) in [6.45, 7) is 6.31. The molecule has 2 N–H and O–H groups in total. The van der Waals surface area contributed by atoms with Crippen molar-refractivity contribution in [3.8, 4) is 11.8 Å². The Morgan fingerprint density at radius 3 is 2.87 bits per heavy atom. The number of aryl methyl sites for hydroxylation is 1. The van der Waals surface area contributed by atoms with E-state index in [2.05, 4.69) is 37.4 Å². The van der Waals surface area contributed by atoms with E-state index in [9.17, 15) is 14.4 Å². The number of nitrogens with one attached hydrogen (secondary N) is 2. The molecule has 1 atom stereocenters. The van der Waals surface area contributed by atoms with Crippen molar-refractivity contribution in [2.75, 3.05) is 23.3 Å². The van der Waals surface area contributed by atoms with Crippen LogP contribution in [0.3, 0.4) is 0 Å². The number of rotatable bonds is 6. The first-order valence-electron chi connectivity index (χ1n) is 12.1. The fourth-order valence-electron chi connectivity index (χ4n) is 4.70. The zero-order valence-electron chi connectivity index (χ0n) is 20.7. The summed E-state index contributed by atoms with van der Waals surface area (Å²) in [5.41, 5.74) is 2.29. The summed E-state index contributed by atoms with van der Waals surface area (Å²) in [7, 11) is 0. The first-order valence-corrected chi connectivity index (χ1v) is 12.9. The predicted molar refractivity (Wildman–Crippen MR) is 145 cm³/mol. The molecule has 13 heteroatoms. The van der Waals surface area contributed by atoms with Gasteiger partial charge in [0.05, 0.1) is 28.6 Å². The van der Waals surface area contributed by atoms with Gasteiger partial charge in [-0.3, -0.25) is 14.5 Å². The lowest BCUT2D eigenvalue weighted by Crippen LogP contribution is -2.39. The Morgan fingerprint density at radius 2 is 2.10 bits per heavy atom. The Labute approximate surface area is 226 Å².